The van der Waals surface area contributed by atoms with Crippen molar-refractivity contribution in [2.75, 3.05) is 0 Å². The third kappa shape index (κ3) is 1.99. The van der Waals surface area contributed by atoms with E-state index >= 15 is 0 Å². The van der Waals surface area contributed by atoms with Crippen LogP contribution in [0.1, 0.15) is 5.82 Å². The number of aromatic nitrogens is 3. The zero-order valence-corrected chi connectivity index (χ0v) is 11.3. The Kier molecular flexibility index (Phi) is 2.80. The van der Waals surface area contributed by atoms with Gasteiger partial charge in [-0.3, -0.25) is 4.98 Å². The van der Waals surface area contributed by atoms with Gasteiger partial charge in [-0.2, -0.15) is 0 Å². The Bertz CT molecular complexity index is 700. The zero-order valence-electron chi connectivity index (χ0n) is 9.76. The third-order valence-corrected chi connectivity index (χ3v) is 3.17. The Morgan fingerprint density at radius 2 is 2.00 bits per heavy atom. The second-order valence-electron chi connectivity index (χ2n) is 4.03. The fourth-order valence-corrected chi connectivity index (χ4v) is 2.49. The molecule has 0 saturated heterocycles. The van der Waals surface area contributed by atoms with E-state index in [-0.39, 0.29) is 0 Å². The summed E-state index contributed by atoms with van der Waals surface area (Å²) in [4.78, 5) is 12.9. The van der Waals surface area contributed by atoms with Crippen LogP contribution in [0.15, 0.2) is 47.3 Å². The van der Waals surface area contributed by atoms with Crippen LogP contribution in [0.25, 0.3) is 22.0 Å². The molecule has 0 unspecified atom stereocenters. The minimum absolute atomic E-state index is 0.755. The van der Waals surface area contributed by atoms with E-state index in [1.54, 1.807) is 6.20 Å². The highest BCUT2D eigenvalue weighted by molar-refractivity contribution is 9.10. The van der Waals surface area contributed by atoms with Gasteiger partial charge in [0.2, 0.25) is 0 Å². The van der Waals surface area contributed by atoms with Gasteiger partial charge in [-0.05, 0) is 40.4 Å². The van der Waals surface area contributed by atoms with E-state index in [0.717, 1.165) is 32.5 Å². The van der Waals surface area contributed by atoms with Crippen LogP contribution < -0.4 is 0 Å². The molecule has 0 saturated carbocycles. The summed E-state index contributed by atoms with van der Waals surface area (Å²) in [6.45, 7) is 1.89. The number of halogens is 1. The van der Waals surface area contributed by atoms with Gasteiger partial charge in [-0.1, -0.05) is 18.2 Å². The van der Waals surface area contributed by atoms with Crippen LogP contribution in [0.2, 0.25) is 0 Å². The van der Waals surface area contributed by atoms with Crippen LogP contribution in [-0.4, -0.2) is 15.0 Å². The average Bonchev–Trinajstić information content (AvgIpc) is 2.37. The Hall–Kier alpha value is -1.81. The highest BCUT2D eigenvalue weighted by Gasteiger charge is 2.06. The topological polar surface area (TPSA) is 38.7 Å². The summed E-state index contributed by atoms with van der Waals surface area (Å²) in [6, 6.07) is 10.1. The number of fused-ring (bicyclic) bond motifs is 1. The molecule has 88 valence electrons. The Morgan fingerprint density at radius 3 is 2.83 bits per heavy atom. The van der Waals surface area contributed by atoms with Gasteiger partial charge in [0, 0.05) is 23.3 Å². The van der Waals surface area contributed by atoms with Crippen LogP contribution in [0.3, 0.4) is 0 Å². The monoisotopic (exact) mass is 299 g/mol. The summed E-state index contributed by atoms with van der Waals surface area (Å²) >= 11 is 3.41. The zero-order chi connectivity index (χ0) is 12.5. The molecule has 2 heterocycles. The number of benzene rings is 1. The first-order chi connectivity index (χ1) is 8.74. The Balaban J connectivity index is 2.31. The van der Waals surface area contributed by atoms with Gasteiger partial charge in [0.25, 0.3) is 0 Å². The lowest BCUT2D eigenvalue weighted by Crippen LogP contribution is -1.92. The van der Waals surface area contributed by atoms with Crippen molar-refractivity contribution in [3.8, 4) is 11.3 Å². The maximum absolute atomic E-state index is 4.49. The molecule has 0 fully saturated rings. The molecule has 18 heavy (non-hydrogen) atoms. The van der Waals surface area contributed by atoms with Gasteiger partial charge in [-0.25, -0.2) is 9.97 Å². The van der Waals surface area contributed by atoms with Crippen molar-refractivity contribution in [1.82, 2.24) is 15.0 Å². The second-order valence-corrected chi connectivity index (χ2v) is 4.84. The number of nitrogens with zero attached hydrogens (tertiary/aromatic N) is 3. The molecular formula is C14H10BrN3. The fraction of sp³-hybridized carbons (Fsp3) is 0.0714. The van der Waals surface area contributed by atoms with E-state index < -0.39 is 0 Å². The van der Waals surface area contributed by atoms with Gasteiger partial charge < -0.3 is 0 Å². The van der Waals surface area contributed by atoms with E-state index in [4.69, 9.17) is 0 Å². The summed E-state index contributed by atoms with van der Waals surface area (Å²) < 4.78 is 0.802. The molecule has 0 amide bonds. The van der Waals surface area contributed by atoms with E-state index in [2.05, 4.69) is 43.0 Å². The van der Waals surface area contributed by atoms with E-state index in [9.17, 15) is 0 Å². The summed E-state index contributed by atoms with van der Waals surface area (Å²) in [5.74, 6) is 0.755. The highest BCUT2D eigenvalue weighted by Crippen LogP contribution is 2.27. The lowest BCUT2D eigenvalue weighted by atomic mass is 10.0. The Morgan fingerprint density at radius 1 is 1.11 bits per heavy atom. The van der Waals surface area contributed by atoms with Crippen LogP contribution in [-0.2, 0) is 0 Å². The van der Waals surface area contributed by atoms with Crippen molar-refractivity contribution >= 4 is 26.7 Å². The number of hydrogen-bond acceptors (Lipinski definition) is 3. The van der Waals surface area contributed by atoms with Crippen LogP contribution in [0, 0.1) is 6.92 Å². The fourth-order valence-electron chi connectivity index (χ4n) is 2.02. The normalized spacial score (nSPS) is 10.8. The van der Waals surface area contributed by atoms with Gasteiger partial charge in [0.05, 0.1) is 5.69 Å². The molecule has 3 aromatic rings. The molecule has 0 radical (unpaired) electrons. The molecule has 2 aromatic heterocycles. The largest absolute Gasteiger partial charge is 0.264 e. The van der Waals surface area contributed by atoms with Crippen molar-refractivity contribution in [3.05, 3.63) is 53.2 Å². The summed E-state index contributed by atoms with van der Waals surface area (Å²) in [7, 11) is 0. The first kappa shape index (κ1) is 11.3. The summed E-state index contributed by atoms with van der Waals surface area (Å²) in [5.41, 5.74) is 2.02. The van der Waals surface area contributed by atoms with E-state index in [1.807, 2.05) is 31.3 Å². The molecule has 3 rings (SSSR count). The third-order valence-electron chi connectivity index (χ3n) is 2.76. The summed E-state index contributed by atoms with van der Waals surface area (Å²) in [5, 5.41) is 2.26. The van der Waals surface area contributed by atoms with E-state index in [0.29, 0.717) is 0 Å². The predicted molar refractivity (Wildman–Crippen MR) is 75.2 cm³/mol. The first-order valence-corrected chi connectivity index (χ1v) is 6.37. The average molecular weight is 300 g/mol. The van der Waals surface area contributed by atoms with Crippen molar-refractivity contribution in [3.63, 3.8) is 0 Å². The molecule has 3 nitrogen and oxygen atoms in total. The molecule has 4 heteroatoms. The van der Waals surface area contributed by atoms with Gasteiger partial charge in [-0.15, -0.1) is 0 Å². The lowest BCUT2D eigenvalue weighted by Gasteiger charge is -2.06. The van der Waals surface area contributed by atoms with Crippen LogP contribution in [0.4, 0.5) is 0 Å². The molecule has 0 aliphatic heterocycles. The molecule has 0 N–H and O–H groups in total. The second kappa shape index (κ2) is 4.46. The van der Waals surface area contributed by atoms with Gasteiger partial charge in [0.15, 0.2) is 0 Å². The van der Waals surface area contributed by atoms with Crippen LogP contribution >= 0.6 is 15.9 Å². The molecular weight excluding hydrogens is 290 g/mol. The molecule has 0 aliphatic rings. The van der Waals surface area contributed by atoms with Crippen LogP contribution in [0.5, 0.6) is 0 Å². The molecule has 0 atom stereocenters. The number of pyridine rings is 1. The number of aryl methyl sites for hydroxylation is 1. The smallest absolute Gasteiger partial charge is 0.127 e. The van der Waals surface area contributed by atoms with Crippen molar-refractivity contribution in [2.45, 2.75) is 6.92 Å². The van der Waals surface area contributed by atoms with E-state index in [1.165, 1.54) is 0 Å². The van der Waals surface area contributed by atoms with Crippen molar-refractivity contribution in [2.24, 2.45) is 0 Å². The predicted octanol–water partition coefficient (Wildman–Crippen LogP) is 3.76. The van der Waals surface area contributed by atoms with Crippen molar-refractivity contribution in [1.29, 1.82) is 0 Å². The Labute approximate surface area is 113 Å². The summed E-state index contributed by atoms with van der Waals surface area (Å²) in [6.07, 6.45) is 3.66. The highest BCUT2D eigenvalue weighted by atomic mass is 79.9. The minimum Gasteiger partial charge on any atom is -0.264 e. The first-order valence-electron chi connectivity index (χ1n) is 5.58. The molecule has 0 spiro atoms. The van der Waals surface area contributed by atoms with Crippen molar-refractivity contribution < 1.29 is 0 Å². The molecule has 0 bridgehead atoms. The SMILES string of the molecule is Cc1nc(Br)cc(-c2cccc3cnccc23)n1. The van der Waals surface area contributed by atoms with Gasteiger partial charge >= 0.3 is 0 Å². The number of hydrogen-bond donors (Lipinski definition) is 0. The quantitative estimate of drug-likeness (QED) is 0.642. The molecule has 1 aromatic carbocycles. The van der Waals surface area contributed by atoms with Gasteiger partial charge in [0.1, 0.15) is 10.4 Å². The minimum atomic E-state index is 0.755. The lowest BCUT2D eigenvalue weighted by molar-refractivity contribution is 1.04. The number of rotatable bonds is 1. The molecule has 0 aliphatic carbocycles. The standard InChI is InChI=1S/C14H10BrN3/c1-9-17-13(7-14(15)18-9)12-4-2-3-10-8-16-6-5-11(10)12/h2-8H,1H3. The maximum Gasteiger partial charge on any atom is 0.127 e. The maximum atomic E-state index is 4.49.